The average Bonchev–Trinajstić information content (AvgIpc) is 3.27. The quantitative estimate of drug-likeness (QED) is 0.553. The van der Waals surface area contributed by atoms with Gasteiger partial charge >= 0.3 is 0 Å². The average molecular weight is 397 g/mol. The number of rotatable bonds is 3. The van der Waals surface area contributed by atoms with E-state index in [2.05, 4.69) is 27.0 Å². The molecule has 0 bridgehead atoms. The topological polar surface area (TPSA) is 61.9 Å². The first-order valence-corrected chi connectivity index (χ1v) is 10.1. The van der Waals surface area contributed by atoms with Crippen molar-refractivity contribution >= 4 is 44.1 Å². The van der Waals surface area contributed by atoms with Crippen LogP contribution >= 0.6 is 22.9 Å². The third-order valence-electron chi connectivity index (χ3n) is 5.03. The first-order valence-electron chi connectivity index (χ1n) is 8.95. The number of hydrogen-bond donors (Lipinski definition) is 1. The molecule has 4 aromatic rings. The smallest absolute Gasteiger partial charge is 0.258 e. The highest BCUT2D eigenvalue weighted by Crippen LogP contribution is 2.36. The molecule has 0 spiro atoms. The molecule has 1 fully saturated rings. The van der Waals surface area contributed by atoms with Crippen molar-refractivity contribution in [2.45, 2.75) is 25.4 Å². The fraction of sp³-hybridized carbons (Fsp3) is 0.250. The van der Waals surface area contributed by atoms with E-state index >= 15 is 0 Å². The predicted molar refractivity (Wildman–Crippen MR) is 109 cm³/mol. The number of thiazole rings is 1. The summed E-state index contributed by atoms with van der Waals surface area (Å²) in [6.45, 7) is 1.57. The van der Waals surface area contributed by atoms with Crippen molar-refractivity contribution in [3.63, 3.8) is 0 Å². The number of hydrogen-bond acceptors (Lipinski definition) is 5. The SMILES string of the molecule is O=c1[nH]c(CN2CCC[C@@H]2c2nc3ccccc3s2)nc2cc(Cl)ccc12. The van der Waals surface area contributed by atoms with Crippen LogP contribution in [0.15, 0.2) is 47.3 Å². The van der Waals surface area contributed by atoms with Gasteiger partial charge in [0.25, 0.3) is 5.56 Å². The van der Waals surface area contributed by atoms with E-state index in [4.69, 9.17) is 16.6 Å². The summed E-state index contributed by atoms with van der Waals surface area (Å²) in [7, 11) is 0. The number of aromatic nitrogens is 3. The molecule has 2 aromatic heterocycles. The summed E-state index contributed by atoms with van der Waals surface area (Å²) in [5, 5.41) is 2.28. The van der Waals surface area contributed by atoms with Crippen molar-refractivity contribution in [1.29, 1.82) is 0 Å². The first kappa shape index (κ1) is 16.9. The minimum absolute atomic E-state index is 0.123. The van der Waals surface area contributed by atoms with Crippen LogP contribution in [0.25, 0.3) is 21.1 Å². The Morgan fingerprint density at radius 1 is 1.19 bits per heavy atom. The van der Waals surface area contributed by atoms with Gasteiger partial charge in [0, 0.05) is 5.02 Å². The van der Waals surface area contributed by atoms with E-state index in [1.54, 1.807) is 29.5 Å². The van der Waals surface area contributed by atoms with Crippen LogP contribution in [0.5, 0.6) is 0 Å². The van der Waals surface area contributed by atoms with Gasteiger partial charge in [0.15, 0.2) is 0 Å². The molecule has 0 unspecified atom stereocenters. The van der Waals surface area contributed by atoms with Crippen molar-refractivity contribution < 1.29 is 0 Å². The van der Waals surface area contributed by atoms with E-state index in [1.807, 2.05) is 12.1 Å². The third-order valence-corrected chi connectivity index (χ3v) is 6.40. The maximum absolute atomic E-state index is 12.4. The van der Waals surface area contributed by atoms with Crippen LogP contribution in [0.3, 0.4) is 0 Å². The van der Waals surface area contributed by atoms with Crippen molar-refractivity contribution in [1.82, 2.24) is 19.9 Å². The molecule has 5 rings (SSSR count). The first-order chi connectivity index (χ1) is 13.2. The highest BCUT2D eigenvalue weighted by molar-refractivity contribution is 7.18. The molecule has 0 radical (unpaired) electrons. The lowest BCUT2D eigenvalue weighted by molar-refractivity contribution is 0.242. The molecule has 1 aliphatic heterocycles. The van der Waals surface area contributed by atoms with Gasteiger partial charge in [-0.1, -0.05) is 23.7 Å². The maximum Gasteiger partial charge on any atom is 0.258 e. The zero-order valence-corrected chi connectivity index (χ0v) is 16.1. The van der Waals surface area contributed by atoms with Crippen molar-refractivity contribution in [3.05, 3.63) is 68.7 Å². The number of nitrogens with zero attached hydrogens (tertiary/aromatic N) is 3. The predicted octanol–water partition coefficient (Wildman–Crippen LogP) is 4.52. The van der Waals surface area contributed by atoms with E-state index in [0.717, 1.165) is 29.9 Å². The summed E-state index contributed by atoms with van der Waals surface area (Å²) in [5.41, 5.74) is 1.57. The summed E-state index contributed by atoms with van der Waals surface area (Å²) in [4.78, 5) is 27.1. The Morgan fingerprint density at radius 3 is 2.96 bits per heavy atom. The molecular weight excluding hydrogens is 380 g/mol. The normalized spacial score (nSPS) is 17.9. The molecule has 0 aliphatic carbocycles. The second kappa shape index (κ2) is 6.71. The van der Waals surface area contributed by atoms with Gasteiger partial charge in [-0.25, -0.2) is 9.97 Å². The molecule has 1 atom stereocenters. The summed E-state index contributed by atoms with van der Waals surface area (Å²) in [6, 6.07) is 13.7. The van der Waals surface area contributed by atoms with E-state index in [9.17, 15) is 4.79 Å². The van der Waals surface area contributed by atoms with E-state index in [-0.39, 0.29) is 11.6 Å². The van der Waals surface area contributed by atoms with E-state index < -0.39 is 0 Å². The molecule has 1 N–H and O–H groups in total. The van der Waals surface area contributed by atoms with E-state index in [0.29, 0.717) is 28.3 Å². The van der Waals surface area contributed by atoms with Crippen LogP contribution in [0.1, 0.15) is 29.7 Å². The Hall–Kier alpha value is -2.28. The third kappa shape index (κ3) is 3.14. The fourth-order valence-corrected chi connectivity index (χ4v) is 5.06. The molecule has 0 saturated carbocycles. The molecule has 136 valence electrons. The minimum atomic E-state index is -0.123. The Labute approximate surface area is 164 Å². The van der Waals surface area contributed by atoms with Crippen LogP contribution in [-0.4, -0.2) is 26.4 Å². The van der Waals surface area contributed by atoms with Gasteiger partial charge in [0.1, 0.15) is 10.8 Å². The number of nitrogens with one attached hydrogen (secondary N) is 1. The Bertz CT molecular complexity index is 1170. The lowest BCUT2D eigenvalue weighted by atomic mass is 10.2. The van der Waals surface area contributed by atoms with Crippen LogP contribution in [0.2, 0.25) is 5.02 Å². The van der Waals surface area contributed by atoms with Crippen molar-refractivity contribution in [2.24, 2.45) is 0 Å². The zero-order chi connectivity index (χ0) is 18.4. The van der Waals surface area contributed by atoms with Gasteiger partial charge in [-0.2, -0.15) is 0 Å². The molecule has 1 aliphatic rings. The Morgan fingerprint density at radius 2 is 2.07 bits per heavy atom. The maximum atomic E-state index is 12.4. The lowest BCUT2D eigenvalue weighted by Crippen LogP contribution is -2.25. The van der Waals surface area contributed by atoms with Crippen molar-refractivity contribution in [3.8, 4) is 0 Å². The number of halogens is 1. The molecular formula is C20H17ClN4OS. The van der Waals surface area contributed by atoms with Gasteiger partial charge in [0.2, 0.25) is 0 Å². The lowest BCUT2D eigenvalue weighted by Gasteiger charge is -2.22. The molecule has 7 heteroatoms. The summed E-state index contributed by atoms with van der Waals surface area (Å²) >= 11 is 7.82. The second-order valence-electron chi connectivity index (χ2n) is 6.82. The largest absolute Gasteiger partial charge is 0.309 e. The van der Waals surface area contributed by atoms with Crippen LogP contribution in [0.4, 0.5) is 0 Å². The molecule has 0 amide bonds. The minimum Gasteiger partial charge on any atom is -0.309 e. The molecule has 2 aromatic carbocycles. The summed E-state index contributed by atoms with van der Waals surface area (Å²) in [6.07, 6.45) is 2.19. The van der Waals surface area contributed by atoms with Gasteiger partial charge in [-0.05, 0) is 49.7 Å². The van der Waals surface area contributed by atoms with Gasteiger partial charge in [-0.15, -0.1) is 11.3 Å². The number of H-pyrrole nitrogens is 1. The van der Waals surface area contributed by atoms with Crippen LogP contribution in [0, 0.1) is 0 Å². The molecule has 5 nitrogen and oxygen atoms in total. The van der Waals surface area contributed by atoms with Gasteiger partial charge in [0.05, 0.1) is 33.7 Å². The van der Waals surface area contributed by atoms with Gasteiger partial charge < -0.3 is 4.98 Å². The van der Waals surface area contributed by atoms with Crippen LogP contribution in [-0.2, 0) is 6.54 Å². The monoisotopic (exact) mass is 396 g/mol. The molecule has 1 saturated heterocycles. The summed E-state index contributed by atoms with van der Waals surface area (Å²) in [5.74, 6) is 0.669. The summed E-state index contributed by atoms with van der Waals surface area (Å²) < 4.78 is 1.21. The Balaban J connectivity index is 1.47. The molecule has 27 heavy (non-hydrogen) atoms. The van der Waals surface area contributed by atoms with E-state index in [1.165, 1.54) is 4.70 Å². The second-order valence-corrected chi connectivity index (χ2v) is 8.32. The molecule has 3 heterocycles. The van der Waals surface area contributed by atoms with Crippen molar-refractivity contribution in [2.75, 3.05) is 6.54 Å². The fourth-order valence-electron chi connectivity index (χ4n) is 3.76. The number of benzene rings is 2. The highest BCUT2D eigenvalue weighted by atomic mass is 35.5. The number of aromatic amines is 1. The standard InChI is InChI=1S/C20H17ClN4OS/c21-12-7-8-13-15(10-12)22-18(24-19(13)26)11-25-9-3-5-16(25)20-23-14-4-1-2-6-17(14)27-20/h1-2,4,6-8,10,16H,3,5,9,11H2,(H,22,24,26)/t16-/m1/s1. The van der Waals surface area contributed by atoms with Gasteiger partial charge in [-0.3, -0.25) is 9.69 Å². The Kier molecular flexibility index (Phi) is 4.19. The van der Waals surface area contributed by atoms with Crippen LogP contribution < -0.4 is 5.56 Å². The number of likely N-dealkylation sites (tertiary alicyclic amines) is 1. The highest BCUT2D eigenvalue weighted by Gasteiger charge is 2.29. The number of fused-ring (bicyclic) bond motifs is 2. The number of para-hydroxylation sites is 1. The zero-order valence-electron chi connectivity index (χ0n) is 14.5.